The number of ether oxygens (including phenoxy) is 1. The molecule has 0 saturated heterocycles. The Morgan fingerprint density at radius 1 is 1.25 bits per heavy atom. The second-order valence-corrected chi connectivity index (χ2v) is 4.25. The highest BCUT2D eigenvalue weighted by molar-refractivity contribution is 5.67. The Morgan fingerprint density at radius 2 is 2.05 bits per heavy atom. The largest absolute Gasteiger partial charge is 0.445 e. The summed E-state index contributed by atoms with van der Waals surface area (Å²) >= 11 is 0. The molecular formula is C15H17N3O2. The van der Waals surface area contributed by atoms with Crippen LogP contribution >= 0.6 is 0 Å². The minimum absolute atomic E-state index is 0.252. The van der Waals surface area contributed by atoms with Crippen molar-refractivity contribution in [1.82, 2.24) is 15.3 Å². The van der Waals surface area contributed by atoms with E-state index in [0.29, 0.717) is 13.0 Å². The van der Waals surface area contributed by atoms with Gasteiger partial charge in [0.05, 0.1) is 5.69 Å². The normalized spacial score (nSPS) is 10.1. The van der Waals surface area contributed by atoms with E-state index in [0.717, 1.165) is 16.8 Å². The number of rotatable bonds is 5. The van der Waals surface area contributed by atoms with Crippen LogP contribution < -0.4 is 5.32 Å². The lowest BCUT2D eigenvalue weighted by molar-refractivity contribution is 0.140. The summed E-state index contributed by atoms with van der Waals surface area (Å²) < 4.78 is 5.16. The van der Waals surface area contributed by atoms with Crippen LogP contribution in [0.4, 0.5) is 4.79 Å². The van der Waals surface area contributed by atoms with Crippen molar-refractivity contribution in [2.45, 2.75) is 20.0 Å². The van der Waals surface area contributed by atoms with Crippen molar-refractivity contribution in [3.05, 3.63) is 59.7 Å². The predicted octanol–water partition coefficient (Wildman–Crippen LogP) is 2.31. The summed E-state index contributed by atoms with van der Waals surface area (Å²) in [5.41, 5.74) is 2.94. The SMILES string of the molecule is CCNC(=O)OCc1ccccc1Cc1cnccn1. The monoisotopic (exact) mass is 271 g/mol. The van der Waals surface area contributed by atoms with E-state index in [4.69, 9.17) is 4.74 Å². The zero-order valence-electron chi connectivity index (χ0n) is 11.4. The highest BCUT2D eigenvalue weighted by Crippen LogP contribution is 2.13. The van der Waals surface area contributed by atoms with E-state index in [2.05, 4.69) is 15.3 Å². The smallest absolute Gasteiger partial charge is 0.407 e. The first kappa shape index (κ1) is 14.0. The molecule has 1 N–H and O–H groups in total. The van der Waals surface area contributed by atoms with Crippen LogP contribution in [0, 0.1) is 0 Å². The van der Waals surface area contributed by atoms with Crippen LogP contribution in [0.5, 0.6) is 0 Å². The highest BCUT2D eigenvalue weighted by atomic mass is 16.5. The quantitative estimate of drug-likeness (QED) is 0.906. The maximum Gasteiger partial charge on any atom is 0.407 e. The summed E-state index contributed by atoms with van der Waals surface area (Å²) in [7, 11) is 0. The number of benzene rings is 1. The van der Waals surface area contributed by atoms with Crippen molar-refractivity contribution >= 4 is 6.09 Å². The summed E-state index contributed by atoms with van der Waals surface area (Å²) in [5, 5.41) is 2.60. The van der Waals surface area contributed by atoms with Gasteiger partial charge in [-0.2, -0.15) is 0 Å². The van der Waals surface area contributed by atoms with Crippen molar-refractivity contribution in [3.8, 4) is 0 Å². The van der Waals surface area contributed by atoms with E-state index < -0.39 is 6.09 Å². The molecule has 0 radical (unpaired) electrons. The number of amides is 1. The average Bonchev–Trinajstić information content (AvgIpc) is 2.48. The summed E-state index contributed by atoms with van der Waals surface area (Å²) in [6, 6.07) is 7.84. The molecule has 20 heavy (non-hydrogen) atoms. The first-order chi connectivity index (χ1) is 9.79. The molecule has 0 fully saturated rings. The number of nitrogens with zero attached hydrogens (tertiary/aromatic N) is 2. The lowest BCUT2D eigenvalue weighted by atomic mass is 10.0. The lowest BCUT2D eigenvalue weighted by Gasteiger charge is -2.10. The van der Waals surface area contributed by atoms with E-state index in [1.54, 1.807) is 18.6 Å². The van der Waals surface area contributed by atoms with Crippen molar-refractivity contribution in [3.63, 3.8) is 0 Å². The minimum atomic E-state index is -0.401. The van der Waals surface area contributed by atoms with Crippen LogP contribution in [0.15, 0.2) is 42.9 Å². The fraction of sp³-hybridized carbons (Fsp3) is 0.267. The number of hydrogen-bond acceptors (Lipinski definition) is 4. The molecule has 5 nitrogen and oxygen atoms in total. The fourth-order valence-corrected chi connectivity index (χ4v) is 1.83. The van der Waals surface area contributed by atoms with E-state index in [1.165, 1.54) is 0 Å². The van der Waals surface area contributed by atoms with Gasteiger partial charge < -0.3 is 10.1 Å². The summed E-state index contributed by atoms with van der Waals surface area (Å²) in [6.07, 6.45) is 5.32. The molecule has 5 heteroatoms. The van der Waals surface area contributed by atoms with Crippen LogP contribution in [-0.2, 0) is 17.8 Å². The fourth-order valence-electron chi connectivity index (χ4n) is 1.83. The number of nitrogens with one attached hydrogen (secondary N) is 1. The van der Waals surface area contributed by atoms with Crippen LogP contribution in [0.1, 0.15) is 23.7 Å². The molecule has 1 aromatic heterocycles. The van der Waals surface area contributed by atoms with Gasteiger partial charge in [-0.3, -0.25) is 9.97 Å². The van der Waals surface area contributed by atoms with E-state index in [9.17, 15) is 4.79 Å². The van der Waals surface area contributed by atoms with Crippen molar-refractivity contribution in [2.24, 2.45) is 0 Å². The van der Waals surface area contributed by atoms with Crippen LogP contribution in [-0.4, -0.2) is 22.6 Å². The molecule has 0 atom stereocenters. The molecule has 0 unspecified atom stereocenters. The molecule has 0 bridgehead atoms. The standard InChI is InChI=1S/C15H17N3O2/c1-2-17-15(19)20-11-13-6-4-3-5-12(13)9-14-10-16-7-8-18-14/h3-8,10H,2,9,11H2,1H3,(H,17,19). The number of alkyl carbamates (subject to hydrolysis) is 1. The summed E-state index contributed by atoms with van der Waals surface area (Å²) in [5.74, 6) is 0. The second-order valence-electron chi connectivity index (χ2n) is 4.25. The molecule has 0 aliphatic heterocycles. The molecule has 1 amide bonds. The van der Waals surface area contributed by atoms with Gasteiger partial charge in [-0.15, -0.1) is 0 Å². The number of hydrogen-bond donors (Lipinski definition) is 1. The van der Waals surface area contributed by atoms with Gasteiger partial charge in [-0.05, 0) is 18.1 Å². The van der Waals surface area contributed by atoms with Crippen molar-refractivity contribution < 1.29 is 9.53 Å². The molecular weight excluding hydrogens is 254 g/mol. The third kappa shape index (κ3) is 4.05. The Morgan fingerprint density at radius 3 is 2.75 bits per heavy atom. The molecule has 2 aromatic rings. The topological polar surface area (TPSA) is 64.1 Å². The van der Waals surface area contributed by atoms with Gasteiger partial charge in [-0.25, -0.2) is 4.79 Å². The van der Waals surface area contributed by atoms with Gasteiger partial charge in [0.15, 0.2) is 0 Å². The number of aromatic nitrogens is 2. The van der Waals surface area contributed by atoms with E-state index in [-0.39, 0.29) is 6.61 Å². The second kappa shape index (κ2) is 7.23. The average molecular weight is 271 g/mol. The van der Waals surface area contributed by atoms with Crippen LogP contribution in [0.2, 0.25) is 0 Å². The third-order valence-electron chi connectivity index (χ3n) is 2.79. The van der Waals surface area contributed by atoms with Crippen molar-refractivity contribution in [1.29, 1.82) is 0 Å². The Balaban J connectivity index is 2.04. The maximum absolute atomic E-state index is 11.3. The molecule has 0 aliphatic carbocycles. The molecule has 0 spiro atoms. The van der Waals surface area contributed by atoms with Crippen LogP contribution in [0.3, 0.4) is 0 Å². The van der Waals surface area contributed by atoms with E-state index >= 15 is 0 Å². The molecule has 1 heterocycles. The Labute approximate surface area is 118 Å². The minimum Gasteiger partial charge on any atom is -0.445 e. The molecule has 0 aliphatic rings. The van der Waals surface area contributed by atoms with E-state index in [1.807, 2.05) is 31.2 Å². The Hall–Kier alpha value is -2.43. The highest BCUT2D eigenvalue weighted by Gasteiger charge is 2.06. The molecule has 1 aromatic carbocycles. The molecule has 0 saturated carbocycles. The predicted molar refractivity (Wildman–Crippen MR) is 75.1 cm³/mol. The van der Waals surface area contributed by atoms with Gasteiger partial charge in [0, 0.05) is 31.6 Å². The first-order valence-electron chi connectivity index (χ1n) is 6.52. The van der Waals surface area contributed by atoms with Crippen molar-refractivity contribution in [2.75, 3.05) is 6.54 Å². The van der Waals surface area contributed by atoms with Gasteiger partial charge in [0.25, 0.3) is 0 Å². The van der Waals surface area contributed by atoms with Gasteiger partial charge in [0.1, 0.15) is 6.61 Å². The molecule has 2 rings (SSSR count). The van der Waals surface area contributed by atoms with Gasteiger partial charge >= 0.3 is 6.09 Å². The van der Waals surface area contributed by atoms with Crippen LogP contribution in [0.25, 0.3) is 0 Å². The summed E-state index contributed by atoms with van der Waals surface area (Å²) in [4.78, 5) is 19.6. The number of carbonyl (C=O) groups excluding carboxylic acids is 1. The van der Waals surface area contributed by atoms with Gasteiger partial charge in [-0.1, -0.05) is 24.3 Å². The third-order valence-corrected chi connectivity index (χ3v) is 2.79. The lowest BCUT2D eigenvalue weighted by Crippen LogP contribution is -2.23. The molecule has 104 valence electrons. The zero-order valence-corrected chi connectivity index (χ0v) is 11.4. The first-order valence-corrected chi connectivity index (χ1v) is 6.52. The Kier molecular flexibility index (Phi) is 5.06. The Bertz CT molecular complexity index is 558. The van der Waals surface area contributed by atoms with Gasteiger partial charge in [0.2, 0.25) is 0 Å². The summed E-state index contributed by atoms with van der Waals surface area (Å²) in [6.45, 7) is 2.66. The number of carbonyl (C=O) groups is 1. The zero-order chi connectivity index (χ0) is 14.2. The maximum atomic E-state index is 11.3.